The highest BCUT2D eigenvalue weighted by Gasteiger charge is 2.36. The maximum atomic E-state index is 13.2. The summed E-state index contributed by atoms with van der Waals surface area (Å²) in [4.78, 5) is 39.0. The predicted octanol–water partition coefficient (Wildman–Crippen LogP) is 5.46. The molecule has 35 heavy (non-hydrogen) atoms. The van der Waals surface area contributed by atoms with Crippen molar-refractivity contribution in [2.24, 2.45) is 0 Å². The molecule has 2 heterocycles. The van der Waals surface area contributed by atoms with Crippen LogP contribution in [0.15, 0.2) is 96.4 Å². The van der Waals surface area contributed by atoms with Crippen LogP contribution in [0.4, 0.5) is 11.4 Å². The largest absolute Gasteiger partial charge is 0.421 e. The summed E-state index contributed by atoms with van der Waals surface area (Å²) in [6, 6.07) is 25.4. The molecule has 1 aliphatic heterocycles. The molecule has 0 fully saturated rings. The zero-order valence-electron chi connectivity index (χ0n) is 18.2. The maximum Gasteiger partial charge on any atom is 0.343 e. The van der Waals surface area contributed by atoms with Gasteiger partial charge in [0.05, 0.1) is 21.7 Å². The summed E-state index contributed by atoms with van der Waals surface area (Å²) in [5, 5.41) is 15.7. The lowest BCUT2D eigenvalue weighted by Gasteiger charge is -2.12. The Hall–Kier alpha value is -4.53. The molecule has 0 unspecified atom stereocenters. The normalized spacial score (nSPS) is 13.9. The fourth-order valence-corrected chi connectivity index (χ4v) is 4.34. The van der Waals surface area contributed by atoms with Crippen molar-refractivity contribution >= 4 is 51.8 Å². The number of thiophene rings is 1. The number of hydrogen-bond acceptors (Lipinski definition) is 6. The number of ether oxygens (including phenoxy) is 1. The van der Waals surface area contributed by atoms with Crippen LogP contribution >= 0.6 is 11.3 Å². The molecule has 4 aromatic rings. The number of carbonyl (C=O) groups excluding carboxylic acids is 3. The Kier molecular flexibility index (Phi) is 5.97. The number of anilines is 2. The van der Waals surface area contributed by atoms with Crippen LogP contribution in [0.2, 0.25) is 0 Å². The van der Waals surface area contributed by atoms with Crippen molar-refractivity contribution < 1.29 is 24.3 Å². The smallest absolute Gasteiger partial charge is 0.343 e. The fraction of sp³-hybridized carbons (Fsp3) is 0. The molecular formula is C27H18N2O5S. The number of hydroxylamine groups is 1. The number of carbonyl (C=O) groups is 3. The lowest BCUT2D eigenvalue weighted by molar-refractivity contribution is -0.117. The van der Waals surface area contributed by atoms with Gasteiger partial charge < -0.3 is 10.1 Å². The maximum absolute atomic E-state index is 13.2. The van der Waals surface area contributed by atoms with Crippen molar-refractivity contribution in [3.8, 4) is 0 Å². The van der Waals surface area contributed by atoms with Crippen LogP contribution in [-0.4, -0.2) is 23.0 Å². The van der Waals surface area contributed by atoms with Gasteiger partial charge in [0.15, 0.2) is 5.76 Å². The van der Waals surface area contributed by atoms with Crippen molar-refractivity contribution in [2.45, 2.75) is 0 Å². The lowest BCUT2D eigenvalue weighted by atomic mass is 10.0. The molecule has 8 heteroatoms. The number of rotatable bonds is 5. The minimum atomic E-state index is -0.749. The van der Waals surface area contributed by atoms with Gasteiger partial charge in [0.25, 0.3) is 11.8 Å². The second-order valence-corrected chi connectivity index (χ2v) is 8.55. The molecule has 0 spiro atoms. The number of nitrogens with one attached hydrogen (secondary N) is 1. The van der Waals surface area contributed by atoms with Gasteiger partial charge in [-0.15, -0.1) is 11.3 Å². The number of fused-ring (bicyclic) bond motifs is 1. The summed E-state index contributed by atoms with van der Waals surface area (Å²) in [7, 11) is 0. The molecule has 1 aromatic heterocycles. The van der Waals surface area contributed by atoms with Crippen molar-refractivity contribution in [1.29, 1.82) is 0 Å². The van der Waals surface area contributed by atoms with E-state index in [1.54, 1.807) is 90.3 Å². The average Bonchev–Trinajstić information content (AvgIpc) is 3.52. The third-order valence-corrected chi connectivity index (χ3v) is 6.24. The molecule has 0 radical (unpaired) electrons. The zero-order valence-corrected chi connectivity index (χ0v) is 19.0. The van der Waals surface area contributed by atoms with Crippen molar-refractivity contribution in [1.82, 2.24) is 0 Å². The molecule has 2 N–H and O–H groups in total. The van der Waals surface area contributed by atoms with Gasteiger partial charge in [-0.3, -0.25) is 14.8 Å². The molecule has 5 rings (SSSR count). The van der Waals surface area contributed by atoms with Crippen LogP contribution in [0.3, 0.4) is 0 Å². The summed E-state index contributed by atoms with van der Waals surface area (Å²) < 4.78 is 5.74. The molecule has 2 amide bonds. The van der Waals surface area contributed by atoms with Crippen LogP contribution in [0.25, 0.3) is 11.3 Å². The van der Waals surface area contributed by atoms with Gasteiger partial charge in [-0.05, 0) is 41.8 Å². The van der Waals surface area contributed by atoms with Crippen LogP contribution in [0, 0.1) is 0 Å². The topological polar surface area (TPSA) is 95.9 Å². The van der Waals surface area contributed by atoms with Crippen molar-refractivity contribution in [3.05, 3.63) is 118 Å². The van der Waals surface area contributed by atoms with Gasteiger partial charge >= 0.3 is 5.97 Å². The second kappa shape index (κ2) is 9.38. The highest BCUT2D eigenvalue weighted by Crippen LogP contribution is 2.42. The molecular weight excluding hydrogens is 464 g/mol. The molecule has 0 atom stereocenters. The Labute approximate surface area is 204 Å². The number of nitrogens with zero attached hydrogens (tertiary/aromatic N) is 1. The summed E-state index contributed by atoms with van der Waals surface area (Å²) in [6.45, 7) is 0. The summed E-state index contributed by atoms with van der Waals surface area (Å²) >= 11 is 1.30. The van der Waals surface area contributed by atoms with E-state index in [-0.39, 0.29) is 22.9 Å². The van der Waals surface area contributed by atoms with Gasteiger partial charge in [-0.25, -0.2) is 4.79 Å². The molecule has 7 nitrogen and oxygen atoms in total. The minimum Gasteiger partial charge on any atom is -0.421 e. The SMILES string of the molecule is O=C(O/C(=C1\C(=O)N(O)c2cc(NC(=O)c3cccs3)ccc21)c1ccccc1)c1ccccc1. The highest BCUT2D eigenvalue weighted by atomic mass is 32.1. The second-order valence-electron chi connectivity index (χ2n) is 7.61. The highest BCUT2D eigenvalue weighted by molar-refractivity contribution is 7.12. The molecule has 0 aliphatic carbocycles. The van der Waals surface area contributed by atoms with Crippen LogP contribution in [-0.2, 0) is 9.53 Å². The molecule has 0 saturated heterocycles. The van der Waals surface area contributed by atoms with E-state index >= 15 is 0 Å². The van der Waals surface area contributed by atoms with E-state index in [1.807, 2.05) is 0 Å². The first kappa shape index (κ1) is 22.3. The van der Waals surface area contributed by atoms with Gasteiger partial charge in [0.2, 0.25) is 0 Å². The van der Waals surface area contributed by atoms with E-state index in [4.69, 9.17) is 4.74 Å². The van der Waals surface area contributed by atoms with E-state index < -0.39 is 11.9 Å². The zero-order chi connectivity index (χ0) is 24.4. The van der Waals surface area contributed by atoms with E-state index in [0.717, 1.165) is 0 Å². The summed E-state index contributed by atoms with van der Waals surface area (Å²) in [5.41, 5.74) is 1.78. The molecule has 0 saturated carbocycles. The Balaban J connectivity index is 1.57. The first-order chi connectivity index (χ1) is 17.0. The van der Waals surface area contributed by atoms with Crippen LogP contribution < -0.4 is 10.4 Å². The third kappa shape index (κ3) is 4.35. The number of benzene rings is 3. The van der Waals surface area contributed by atoms with Gasteiger partial charge in [-0.2, -0.15) is 5.06 Å². The van der Waals surface area contributed by atoms with Crippen molar-refractivity contribution in [3.63, 3.8) is 0 Å². The monoisotopic (exact) mass is 482 g/mol. The Bertz CT molecular complexity index is 1450. The van der Waals surface area contributed by atoms with Gasteiger partial charge in [0.1, 0.15) is 0 Å². The minimum absolute atomic E-state index is 0.0256. The Morgan fingerprint density at radius 1 is 0.857 bits per heavy atom. The summed E-state index contributed by atoms with van der Waals surface area (Å²) in [5.74, 6) is -1.66. The van der Waals surface area contributed by atoms with E-state index in [9.17, 15) is 19.6 Å². The number of esters is 1. The predicted molar refractivity (Wildman–Crippen MR) is 133 cm³/mol. The van der Waals surface area contributed by atoms with E-state index in [1.165, 1.54) is 17.4 Å². The van der Waals surface area contributed by atoms with Crippen LogP contribution in [0.5, 0.6) is 0 Å². The standard InChI is InChI=1S/C27H18N2O5S/c30-25(22-12-7-15-35-22)28-19-13-14-20-21(16-19)29(33)26(31)23(20)24(17-8-3-1-4-9-17)34-27(32)18-10-5-2-6-11-18/h1-16,33H,(H,28,30)/b24-23-. The Morgan fingerprint density at radius 3 is 2.20 bits per heavy atom. The lowest BCUT2D eigenvalue weighted by Crippen LogP contribution is -2.22. The first-order valence-electron chi connectivity index (χ1n) is 10.6. The van der Waals surface area contributed by atoms with Crippen LogP contribution in [0.1, 0.15) is 31.2 Å². The number of hydrogen-bond donors (Lipinski definition) is 2. The quantitative estimate of drug-likeness (QED) is 0.170. The van der Waals surface area contributed by atoms with E-state index in [0.29, 0.717) is 32.3 Å². The summed E-state index contributed by atoms with van der Waals surface area (Å²) in [6.07, 6.45) is 0. The van der Waals surface area contributed by atoms with Crippen molar-refractivity contribution in [2.75, 3.05) is 10.4 Å². The molecule has 172 valence electrons. The van der Waals surface area contributed by atoms with E-state index in [2.05, 4.69) is 5.32 Å². The third-order valence-electron chi connectivity index (χ3n) is 5.37. The molecule has 1 aliphatic rings. The fourth-order valence-electron chi connectivity index (χ4n) is 3.72. The molecule has 0 bridgehead atoms. The molecule has 3 aromatic carbocycles. The van der Waals surface area contributed by atoms with Gasteiger partial charge in [-0.1, -0.05) is 54.6 Å². The number of amides is 2. The Morgan fingerprint density at radius 2 is 1.54 bits per heavy atom. The first-order valence-corrected chi connectivity index (χ1v) is 11.5. The van der Waals surface area contributed by atoms with Gasteiger partial charge in [0, 0.05) is 16.8 Å². The average molecular weight is 483 g/mol.